The molecule has 0 fully saturated rings. The number of benzene rings is 2. The average Bonchev–Trinajstić information content (AvgIpc) is 2.71. The van der Waals surface area contributed by atoms with Gasteiger partial charge < -0.3 is 0 Å². The lowest BCUT2D eigenvalue weighted by Gasteiger charge is -2.35. The molecule has 0 N–H and O–H groups in total. The third-order valence-electron chi connectivity index (χ3n) is 7.49. The van der Waals surface area contributed by atoms with Crippen LogP contribution in [0.5, 0.6) is 0 Å². The molecule has 4 rings (SSSR count). The van der Waals surface area contributed by atoms with Gasteiger partial charge in [-0.15, -0.1) is 0 Å². The minimum absolute atomic E-state index is 0.143. The predicted molar refractivity (Wildman–Crippen MR) is 120 cm³/mol. The first-order valence-corrected chi connectivity index (χ1v) is 10.9. The minimum atomic E-state index is 0.143. The van der Waals surface area contributed by atoms with Gasteiger partial charge in [0, 0.05) is 36.8 Å². The molecule has 28 heavy (non-hydrogen) atoms. The highest BCUT2D eigenvalue weighted by Crippen LogP contribution is 2.41. The van der Waals surface area contributed by atoms with Gasteiger partial charge in [-0.25, -0.2) is 0 Å². The number of hydrogen-bond acceptors (Lipinski definition) is 0. The zero-order valence-corrected chi connectivity index (χ0v) is 18.6. The fraction of sp³-hybridized carbons (Fsp3) is 0.444. The average molecular weight is 373 g/mol. The van der Waals surface area contributed by atoms with Crippen LogP contribution in [0.3, 0.4) is 0 Å². The van der Waals surface area contributed by atoms with Crippen LogP contribution in [0.2, 0.25) is 0 Å². The number of nitrogens with zero attached hydrogens (tertiary/aromatic N) is 1. The van der Waals surface area contributed by atoms with Crippen molar-refractivity contribution >= 4 is 10.9 Å². The summed E-state index contributed by atoms with van der Waals surface area (Å²) in [6.45, 7) is 16.2. The lowest BCUT2D eigenvalue weighted by molar-refractivity contribution is -0.735. The van der Waals surface area contributed by atoms with Gasteiger partial charge in [-0.1, -0.05) is 39.8 Å². The topological polar surface area (TPSA) is 3.88 Å². The van der Waals surface area contributed by atoms with Crippen LogP contribution in [0.25, 0.3) is 22.2 Å². The van der Waals surface area contributed by atoms with E-state index in [1.807, 2.05) is 0 Å². The molecule has 0 bridgehead atoms. The molecule has 0 atom stereocenters. The fourth-order valence-electron chi connectivity index (χ4n) is 5.35. The number of aryl methyl sites for hydroxylation is 1. The molecule has 0 saturated carbocycles. The van der Waals surface area contributed by atoms with Crippen molar-refractivity contribution in [2.24, 2.45) is 0 Å². The van der Waals surface area contributed by atoms with Crippen molar-refractivity contribution in [3.8, 4) is 11.3 Å². The van der Waals surface area contributed by atoms with E-state index < -0.39 is 0 Å². The molecule has 0 saturated heterocycles. The maximum absolute atomic E-state index is 2.70. The van der Waals surface area contributed by atoms with Gasteiger partial charge in [0.2, 0.25) is 11.2 Å². The predicted octanol–water partition coefficient (Wildman–Crippen LogP) is 6.91. The van der Waals surface area contributed by atoms with Crippen LogP contribution in [0.4, 0.5) is 0 Å². The normalized spacial score (nSPS) is 15.0. The van der Waals surface area contributed by atoms with E-state index in [4.69, 9.17) is 0 Å². The number of rotatable bonds is 3. The first-order chi connectivity index (χ1) is 13.3. The van der Waals surface area contributed by atoms with Gasteiger partial charge in [-0.3, -0.25) is 0 Å². The van der Waals surface area contributed by atoms with Crippen LogP contribution in [0, 0.1) is 20.8 Å². The zero-order chi connectivity index (χ0) is 20.2. The van der Waals surface area contributed by atoms with Gasteiger partial charge >= 0.3 is 0 Å². The monoisotopic (exact) mass is 372 g/mol. The Bertz CT molecular complexity index is 1070. The molecule has 0 aliphatic carbocycles. The van der Waals surface area contributed by atoms with E-state index in [2.05, 4.69) is 89.4 Å². The van der Waals surface area contributed by atoms with Crippen molar-refractivity contribution in [3.63, 3.8) is 0 Å². The molecule has 1 aliphatic rings. The molecule has 0 spiro atoms. The fourth-order valence-corrected chi connectivity index (χ4v) is 5.35. The number of aromatic nitrogens is 1. The van der Waals surface area contributed by atoms with Crippen LogP contribution in [0.1, 0.15) is 74.3 Å². The van der Waals surface area contributed by atoms with E-state index >= 15 is 0 Å². The molecule has 1 heteroatoms. The highest BCUT2D eigenvalue weighted by molar-refractivity contribution is 5.83. The van der Waals surface area contributed by atoms with Gasteiger partial charge in [0.05, 0.1) is 5.56 Å². The Morgan fingerprint density at radius 3 is 2.32 bits per heavy atom. The Morgan fingerprint density at radius 2 is 1.68 bits per heavy atom. The second-order valence-corrected chi connectivity index (χ2v) is 9.07. The summed E-state index contributed by atoms with van der Waals surface area (Å²) in [5.74, 6) is 0.531. The van der Waals surface area contributed by atoms with E-state index in [1.54, 1.807) is 5.56 Å². The summed E-state index contributed by atoms with van der Waals surface area (Å²) >= 11 is 0. The molecular weight excluding hydrogens is 338 g/mol. The van der Waals surface area contributed by atoms with Gasteiger partial charge in [0.1, 0.15) is 0 Å². The summed E-state index contributed by atoms with van der Waals surface area (Å²) in [6.07, 6.45) is 3.43. The first kappa shape index (κ1) is 19.2. The molecule has 0 radical (unpaired) electrons. The molecule has 3 aromatic rings. The standard InChI is InChI=1S/C27H34N/c1-8-27(9-2)16-24-20(7)19(6)18(5)15-23(24)26-14-13-22-21(17(3)4)11-10-12-25(22)28(26)27/h10-15,17H,8-9,16H2,1-7H3/q+1. The first-order valence-electron chi connectivity index (χ1n) is 10.9. The molecule has 0 amide bonds. The number of pyridine rings is 1. The maximum Gasteiger partial charge on any atom is 0.213 e. The highest BCUT2D eigenvalue weighted by atomic mass is 15.1. The largest absolute Gasteiger partial charge is 0.213 e. The van der Waals surface area contributed by atoms with E-state index in [-0.39, 0.29) is 5.54 Å². The van der Waals surface area contributed by atoms with Crippen molar-refractivity contribution in [3.05, 3.63) is 64.2 Å². The Balaban J connectivity index is 2.16. The molecule has 2 heterocycles. The van der Waals surface area contributed by atoms with Gasteiger partial charge in [0.25, 0.3) is 0 Å². The number of hydrogen-bond donors (Lipinski definition) is 0. The van der Waals surface area contributed by atoms with E-state index in [0.717, 1.165) is 19.3 Å². The summed E-state index contributed by atoms with van der Waals surface area (Å²) in [4.78, 5) is 0. The maximum atomic E-state index is 2.70. The van der Waals surface area contributed by atoms with Crippen molar-refractivity contribution in [2.45, 2.75) is 79.2 Å². The molecule has 2 aromatic carbocycles. The van der Waals surface area contributed by atoms with Crippen LogP contribution < -0.4 is 4.57 Å². The lowest BCUT2D eigenvalue weighted by Crippen LogP contribution is -2.60. The van der Waals surface area contributed by atoms with Crippen LogP contribution in [-0.4, -0.2) is 0 Å². The summed E-state index contributed by atoms with van der Waals surface area (Å²) in [6, 6.07) is 14.1. The van der Waals surface area contributed by atoms with Crippen LogP contribution >= 0.6 is 0 Å². The molecule has 1 aliphatic heterocycles. The smallest absolute Gasteiger partial charge is 0.186 e. The van der Waals surface area contributed by atoms with E-state index in [0.29, 0.717) is 5.92 Å². The van der Waals surface area contributed by atoms with Crippen LogP contribution in [0.15, 0.2) is 36.4 Å². The third kappa shape index (κ3) is 2.55. The van der Waals surface area contributed by atoms with E-state index in [1.165, 1.54) is 44.4 Å². The second-order valence-electron chi connectivity index (χ2n) is 9.07. The van der Waals surface area contributed by atoms with Crippen LogP contribution in [-0.2, 0) is 12.0 Å². The van der Waals surface area contributed by atoms with Gasteiger partial charge in [0.15, 0.2) is 5.54 Å². The van der Waals surface area contributed by atoms with Crippen molar-refractivity contribution in [1.82, 2.24) is 0 Å². The Hall–Kier alpha value is -2.15. The molecule has 146 valence electrons. The molecule has 0 unspecified atom stereocenters. The van der Waals surface area contributed by atoms with Crippen molar-refractivity contribution in [2.75, 3.05) is 0 Å². The van der Waals surface area contributed by atoms with Gasteiger partial charge in [-0.2, -0.15) is 4.57 Å². The summed E-state index contributed by atoms with van der Waals surface area (Å²) in [5, 5.41) is 1.41. The summed E-state index contributed by atoms with van der Waals surface area (Å²) < 4.78 is 2.70. The SMILES string of the molecule is CCC1(CC)Cc2c(cc(C)c(C)c2C)-c2ccc3c(C(C)C)cccc3[n+]21. The van der Waals surface area contributed by atoms with E-state index in [9.17, 15) is 0 Å². The Labute approximate surface area is 170 Å². The minimum Gasteiger partial charge on any atom is -0.186 e. The zero-order valence-electron chi connectivity index (χ0n) is 18.6. The quantitative estimate of drug-likeness (QED) is 0.440. The van der Waals surface area contributed by atoms with Gasteiger partial charge in [-0.05, 0) is 66.6 Å². The highest BCUT2D eigenvalue weighted by Gasteiger charge is 2.45. The number of fused-ring (bicyclic) bond motifs is 5. The molecule has 1 aromatic heterocycles. The molecular formula is C27H34N+. The third-order valence-corrected chi connectivity index (χ3v) is 7.49. The Morgan fingerprint density at radius 1 is 0.964 bits per heavy atom. The second kappa shape index (κ2) is 6.72. The summed E-state index contributed by atoms with van der Waals surface area (Å²) in [5.41, 5.74) is 11.7. The van der Waals surface area contributed by atoms with Crippen molar-refractivity contribution < 1.29 is 4.57 Å². The Kier molecular flexibility index (Phi) is 4.61. The van der Waals surface area contributed by atoms with Crippen molar-refractivity contribution in [1.29, 1.82) is 0 Å². The summed E-state index contributed by atoms with van der Waals surface area (Å²) in [7, 11) is 0. The lowest BCUT2D eigenvalue weighted by atomic mass is 9.76. The molecule has 1 nitrogen and oxygen atoms in total.